The van der Waals surface area contributed by atoms with E-state index in [1.807, 2.05) is 4.90 Å². The summed E-state index contributed by atoms with van der Waals surface area (Å²) in [6.45, 7) is 0.707. The smallest absolute Gasteiger partial charge is 0.249 e. The van der Waals surface area contributed by atoms with Crippen LogP contribution in [0.25, 0.3) is 0 Å². The third-order valence-electron chi connectivity index (χ3n) is 8.03. The molecule has 2 aliphatic carbocycles. The average molecular weight is 505 g/mol. The highest BCUT2D eigenvalue weighted by atomic mass is 19.1. The molecule has 2 fully saturated rings. The van der Waals surface area contributed by atoms with E-state index in [0.29, 0.717) is 30.5 Å². The van der Waals surface area contributed by atoms with Crippen LogP contribution in [0.15, 0.2) is 24.4 Å². The molecule has 0 bridgehead atoms. The maximum absolute atomic E-state index is 13.5. The lowest BCUT2D eigenvalue weighted by Crippen LogP contribution is -2.45. The first-order valence-corrected chi connectivity index (χ1v) is 13.4. The van der Waals surface area contributed by atoms with Crippen molar-refractivity contribution in [2.75, 3.05) is 28.7 Å². The highest BCUT2D eigenvalue weighted by Gasteiger charge is 2.36. The third kappa shape index (κ3) is 4.76. The van der Waals surface area contributed by atoms with Gasteiger partial charge in [-0.2, -0.15) is 14.5 Å². The molecule has 6 rings (SSSR count). The fourth-order valence-corrected chi connectivity index (χ4v) is 5.98. The number of hydrogen-bond acceptors (Lipinski definition) is 7. The quantitative estimate of drug-likeness (QED) is 0.471. The Morgan fingerprint density at radius 2 is 1.97 bits per heavy atom. The van der Waals surface area contributed by atoms with Gasteiger partial charge in [0.1, 0.15) is 11.9 Å². The van der Waals surface area contributed by atoms with Crippen LogP contribution in [0.5, 0.6) is 0 Å². The zero-order chi connectivity index (χ0) is 25.4. The molecule has 0 radical (unpaired) electrons. The van der Waals surface area contributed by atoms with Crippen LogP contribution in [-0.2, 0) is 17.6 Å². The van der Waals surface area contributed by atoms with Crippen molar-refractivity contribution in [3.05, 3.63) is 47.3 Å². The fourth-order valence-electron chi connectivity index (χ4n) is 5.98. The topological polar surface area (TPSA) is 103 Å². The second kappa shape index (κ2) is 10.1. The number of halogens is 1. The van der Waals surface area contributed by atoms with Crippen molar-refractivity contribution in [3.63, 3.8) is 0 Å². The Morgan fingerprint density at radius 1 is 1.11 bits per heavy atom. The van der Waals surface area contributed by atoms with Gasteiger partial charge in [-0.05, 0) is 57.1 Å². The molecule has 9 nitrogen and oxygen atoms in total. The van der Waals surface area contributed by atoms with Gasteiger partial charge in [-0.1, -0.05) is 19.3 Å². The lowest BCUT2D eigenvalue weighted by molar-refractivity contribution is -0.119. The normalized spacial score (nSPS) is 19.7. The molecule has 0 unspecified atom stereocenters. The molecule has 194 valence electrons. The van der Waals surface area contributed by atoms with Gasteiger partial charge in [0, 0.05) is 36.8 Å². The fraction of sp³-hybridized carbons (Fsp3) is 0.519. The molecule has 37 heavy (non-hydrogen) atoms. The van der Waals surface area contributed by atoms with Crippen LogP contribution in [0.3, 0.4) is 0 Å². The molecule has 1 amide bonds. The van der Waals surface area contributed by atoms with Crippen molar-refractivity contribution < 1.29 is 9.18 Å². The summed E-state index contributed by atoms with van der Waals surface area (Å²) in [7, 11) is 1.70. The van der Waals surface area contributed by atoms with E-state index >= 15 is 0 Å². The van der Waals surface area contributed by atoms with E-state index in [9.17, 15) is 9.18 Å². The van der Waals surface area contributed by atoms with Gasteiger partial charge < -0.3 is 15.1 Å². The van der Waals surface area contributed by atoms with Crippen LogP contribution in [0, 0.1) is 5.95 Å². The maximum Gasteiger partial charge on any atom is 0.249 e. The van der Waals surface area contributed by atoms with E-state index in [-0.39, 0.29) is 11.9 Å². The SMILES string of the molecule is CN(C(=O)[C@H]1CCCN1c1nc2c(c(Nc3cc(C4CCCCC4)[nH]n3)n1)CCC2)c1ccc(F)nc1. The number of anilines is 4. The lowest BCUT2D eigenvalue weighted by Gasteiger charge is -2.28. The minimum Gasteiger partial charge on any atom is -0.329 e. The number of carbonyl (C=O) groups excluding carboxylic acids is 1. The Balaban J connectivity index is 1.24. The van der Waals surface area contributed by atoms with Crippen LogP contribution < -0.4 is 15.1 Å². The minimum atomic E-state index is -0.568. The number of hydrogen-bond donors (Lipinski definition) is 2. The lowest BCUT2D eigenvalue weighted by atomic mass is 9.87. The summed E-state index contributed by atoms with van der Waals surface area (Å²) in [6, 6.07) is 4.57. The number of aryl methyl sites for hydroxylation is 1. The number of pyridine rings is 1. The molecule has 2 N–H and O–H groups in total. The molecule has 3 aliphatic rings. The van der Waals surface area contributed by atoms with Gasteiger partial charge in [-0.15, -0.1) is 0 Å². The van der Waals surface area contributed by atoms with Crippen molar-refractivity contribution in [1.82, 2.24) is 25.1 Å². The molecule has 10 heteroatoms. The molecule has 1 atom stereocenters. The van der Waals surface area contributed by atoms with Crippen molar-refractivity contribution in [3.8, 4) is 0 Å². The van der Waals surface area contributed by atoms with E-state index < -0.39 is 5.95 Å². The highest BCUT2D eigenvalue weighted by molar-refractivity contribution is 5.98. The number of nitrogens with one attached hydrogen (secondary N) is 2. The summed E-state index contributed by atoms with van der Waals surface area (Å²) < 4.78 is 13.3. The Hall–Kier alpha value is -3.56. The second-order valence-corrected chi connectivity index (χ2v) is 10.4. The van der Waals surface area contributed by atoms with Crippen molar-refractivity contribution in [1.29, 1.82) is 0 Å². The van der Waals surface area contributed by atoms with E-state index in [1.54, 1.807) is 18.0 Å². The first kappa shape index (κ1) is 23.8. The predicted octanol–water partition coefficient (Wildman–Crippen LogP) is 4.65. The number of aromatic amines is 1. The van der Waals surface area contributed by atoms with Gasteiger partial charge in [0.15, 0.2) is 5.82 Å². The summed E-state index contributed by atoms with van der Waals surface area (Å²) in [5.74, 6) is 2.04. The molecule has 0 spiro atoms. The van der Waals surface area contributed by atoms with E-state index in [1.165, 1.54) is 50.1 Å². The molecule has 1 aliphatic heterocycles. The predicted molar refractivity (Wildman–Crippen MR) is 140 cm³/mol. The van der Waals surface area contributed by atoms with Crippen molar-refractivity contribution >= 4 is 29.2 Å². The maximum atomic E-state index is 13.5. The summed E-state index contributed by atoms with van der Waals surface area (Å²) in [5.41, 5.74) is 3.94. The van der Waals surface area contributed by atoms with Crippen molar-refractivity contribution in [2.24, 2.45) is 0 Å². The van der Waals surface area contributed by atoms with Gasteiger partial charge in [0.2, 0.25) is 17.8 Å². The monoisotopic (exact) mass is 504 g/mol. The molecule has 1 saturated heterocycles. The first-order chi connectivity index (χ1) is 18.1. The van der Waals surface area contributed by atoms with Gasteiger partial charge in [0.25, 0.3) is 0 Å². The highest BCUT2D eigenvalue weighted by Crippen LogP contribution is 2.35. The molecule has 4 heterocycles. The molecule has 1 saturated carbocycles. The largest absolute Gasteiger partial charge is 0.329 e. The Bertz CT molecular complexity index is 1270. The minimum absolute atomic E-state index is 0.0751. The number of fused-ring (bicyclic) bond motifs is 1. The Morgan fingerprint density at radius 3 is 2.78 bits per heavy atom. The molecule has 3 aromatic rings. The van der Waals surface area contributed by atoms with Gasteiger partial charge in [0.05, 0.1) is 17.6 Å². The van der Waals surface area contributed by atoms with Gasteiger partial charge in [-0.25, -0.2) is 9.97 Å². The van der Waals surface area contributed by atoms with Crippen LogP contribution in [0.2, 0.25) is 0 Å². The van der Waals surface area contributed by atoms with Crippen LogP contribution in [-0.4, -0.2) is 50.7 Å². The number of carbonyl (C=O) groups is 1. The number of likely N-dealkylation sites (N-methyl/N-ethyl adjacent to an activating group) is 1. The molecular weight excluding hydrogens is 471 g/mol. The summed E-state index contributed by atoms with van der Waals surface area (Å²) in [5, 5.41) is 11.2. The zero-order valence-electron chi connectivity index (χ0n) is 21.2. The van der Waals surface area contributed by atoms with Crippen LogP contribution in [0.1, 0.15) is 74.2 Å². The Labute approximate surface area is 215 Å². The van der Waals surface area contributed by atoms with E-state index in [0.717, 1.165) is 48.6 Å². The van der Waals surface area contributed by atoms with E-state index in [2.05, 4.69) is 26.6 Å². The van der Waals surface area contributed by atoms with Crippen LogP contribution >= 0.6 is 0 Å². The summed E-state index contributed by atoms with van der Waals surface area (Å²) in [4.78, 5) is 30.5. The molecular formula is C27H33FN8O. The second-order valence-electron chi connectivity index (χ2n) is 10.4. The standard InChI is InChI=1S/C27H33FN8O/c1-35(18-12-13-23(28)29-16-18)26(37)22-11-6-14-36(22)27-30-20-10-5-9-19(20)25(32-27)31-24-15-21(33-34-24)17-7-3-2-4-8-17/h12-13,15-17,22H,2-11,14H2,1H3,(H2,30,31,32,33,34)/t22-/m1/s1. The Kier molecular flexibility index (Phi) is 6.48. The number of aromatic nitrogens is 5. The number of nitrogens with zero attached hydrogens (tertiary/aromatic N) is 6. The van der Waals surface area contributed by atoms with Crippen LogP contribution in [0.4, 0.5) is 27.7 Å². The zero-order valence-corrected chi connectivity index (χ0v) is 21.2. The van der Waals surface area contributed by atoms with Gasteiger partial charge in [-0.3, -0.25) is 9.89 Å². The van der Waals surface area contributed by atoms with E-state index in [4.69, 9.17) is 9.97 Å². The van der Waals surface area contributed by atoms with Crippen molar-refractivity contribution in [2.45, 2.75) is 76.2 Å². The molecule has 0 aromatic carbocycles. The van der Waals surface area contributed by atoms with Gasteiger partial charge >= 0.3 is 0 Å². The first-order valence-electron chi connectivity index (χ1n) is 13.4. The summed E-state index contributed by atoms with van der Waals surface area (Å²) >= 11 is 0. The third-order valence-corrected chi connectivity index (χ3v) is 8.03. The number of rotatable bonds is 6. The summed E-state index contributed by atoms with van der Waals surface area (Å²) in [6.07, 6.45) is 12.1. The number of H-pyrrole nitrogens is 1. The number of amides is 1. The molecule has 3 aromatic heterocycles. The average Bonchev–Trinajstić information content (AvgIpc) is 3.69.